The van der Waals surface area contributed by atoms with Crippen LogP contribution in [0.5, 0.6) is 5.88 Å². The van der Waals surface area contributed by atoms with Gasteiger partial charge in [-0.15, -0.1) is 11.3 Å². The van der Waals surface area contributed by atoms with E-state index >= 15 is 0 Å². The Morgan fingerprint density at radius 3 is 2.67 bits per heavy atom. The molecular formula is C18H14N3O2S+. The molecule has 0 amide bonds. The van der Waals surface area contributed by atoms with Gasteiger partial charge in [0.1, 0.15) is 6.54 Å². The van der Waals surface area contributed by atoms with E-state index in [9.17, 15) is 9.90 Å². The normalized spacial score (nSPS) is 11.0. The van der Waals surface area contributed by atoms with E-state index in [2.05, 4.69) is 4.98 Å². The second-order valence-corrected chi connectivity index (χ2v) is 6.32. The van der Waals surface area contributed by atoms with E-state index in [1.807, 2.05) is 42.5 Å². The number of nitrogens with zero attached hydrogens (tertiary/aromatic N) is 3. The summed E-state index contributed by atoms with van der Waals surface area (Å²) >= 11 is 1.51. The molecule has 4 aromatic rings. The molecule has 0 spiro atoms. The van der Waals surface area contributed by atoms with Gasteiger partial charge in [-0.3, -0.25) is 4.98 Å². The van der Waals surface area contributed by atoms with Crippen molar-refractivity contribution in [2.75, 3.05) is 0 Å². The number of pyridine rings is 1. The first-order valence-corrected chi connectivity index (χ1v) is 8.32. The van der Waals surface area contributed by atoms with Gasteiger partial charge >= 0.3 is 5.56 Å². The van der Waals surface area contributed by atoms with Crippen molar-refractivity contribution >= 4 is 17.0 Å². The Balaban J connectivity index is 2.05. The average molecular weight is 336 g/mol. The fourth-order valence-corrected chi connectivity index (χ4v) is 3.36. The SMILES string of the molecule is O=c1c(-c2ccccc2)c(O)n(Cc2cncs2)c2cccc[n+]12. The Kier molecular flexibility index (Phi) is 3.59. The van der Waals surface area contributed by atoms with E-state index in [-0.39, 0.29) is 11.4 Å². The molecule has 118 valence electrons. The van der Waals surface area contributed by atoms with Gasteiger partial charge in [-0.2, -0.15) is 8.97 Å². The van der Waals surface area contributed by atoms with Crippen molar-refractivity contribution in [2.45, 2.75) is 6.54 Å². The number of benzene rings is 1. The molecule has 24 heavy (non-hydrogen) atoms. The quantitative estimate of drug-likeness (QED) is 0.585. The highest BCUT2D eigenvalue weighted by atomic mass is 32.1. The third kappa shape index (κ3) is 2.37. The molecule has 0 bridgehead atoms. The molecule has 0 radical (unpaired) electrons. The summed E-state index contributed by atoms with van der Waals surface area (Å²) in [6, 6.07) is 14.7. The van der Waals surface area contributed by atoms with Gasteiger partial charge in [0.15, 0.2) is 5.56 Å². The maximum absolute atomic E-state index is 12.9. The van der Waals surface area contributed by atoms with Crippen molar-refractivity contribution < 1.29 is 9.51 Å². The maximum atomic E-state index is 12.9. The van der Waals surface area contributed by atoms with Crippen LogP contribution in [0.4, 0.5) is 0 Å². The molecule has 4 rings (SSSR count). The summed E-state index contributed by atoms with van der Waals surface area (Å²) in [6.45, 7) is 0.449. The van der Waals surface area contributed by atoms with Gasteiger partial charge in [0.25, 0.3) is 11.5 Å². The lowest BCUT2D eigenvalue weighted by Crippen LogP contribution is -2.43. The predicted octanol–water partition coefficient (Wildman–Crippen LogP) is 2.46. The minimum atomic E-state index is -0.241. The number of aromatic nitrogens is 3. The summed E-state index contributed by atoms with van der Waals surface area (Å²) in [5.74, 6) is -0.0363. The third-order valence-electron chi connectivity index (χ3n) is 3.89. The first-order valence-electron chi connectivity index (χ1n) is 7.44. The van der Waals surface area contributed by atoms with Crippen LogP contribution in [-0.2, 0) is 6.54 Å². The van der Waals surface area contributed by atoms with Gasteiger partial charge in [0, 0.05) is 12.3 Å². The van der Waals surface area contributed by atoms with Crippen molar-refractivity contribution in [2.24, 2.45) is 0 Å². The van der Waals surface area contributed by atoms with Crippen molar-refractivity contribution in [1.29, 1.82) is 0 Å². The Hall–Kier alpha value is -2.99. The second kappa shape index (κ2) is 5.90. The highest BCUT2D eigenvalue weighted by molar-refractivity contribution is 7.09. The fraction of sp³-hybridized carbons (Fsp3) is 0.0556. The van der Waals surface area contributed by atoms with Crippen molar-refractivity contribution in [3.05, 3.63) is 81.7 Å². The summed E-state index contributed by atoms with van der Waals surface area (Å²) < 4.78 is 3.29. The van der Waals surface area contributed by atoms with E-state index in [0.717, 1.165) is 4.88 Å². The monoisotopic (exact) mass is 336 g/mol. The molecule has 0 aliphatic heterocycles. The zero-order valence-electron chi connectivity index (χ0n) is 12.7. The van der Waals surface area contributed by atoms with E-state index < -0.39 is 0 Å². The number of fused-ring (bicyclic) bond motifs is 1. The zero-order valence-corrected chi connectivity index (χ0v) is 13.5. The predicted molar refractivity (Wildman–Crippen MR) is 92.2 cm³/mol. The lowest BCUT2D eigenvalue weighted by molar-refractivity contribution is -0.532. The van der Waals surface area contributed by atoms with Gasteiger partial charge in [-0.05, 0) is 11.6 Å². The molecule has 0 aliphatic rings. The lowest BCUT2D eigenvalue weighted by Gasteiger charge is -2.09. The van der Waals surface area contributed by atoms with E-state index in [4.69, 9.17) is 0 Å². The second-order valence-electron chi connectivity index (χ2n) is 5.35. The Labute approximate surface area is 141 Å². The van der Waals surface area contributed by atoms with Crippen LogP contribution in [0.2, 0.25) is 0 Å². The summed E-state index contributed by atoms with van der Waals surface area (Å²) in [4.78, 5) is 18.0. The summed E-state index contributed by atoms with van der Waals surface area (Å²) in [6.07, 6.45) is 3.48. The van der Waals surface area contributed by atoms with Crippen molar-refractivity contribution in [3.8, 4) is 17.0 Å². The van der Waals surface area contributed by atoms with Gasteiger partial charge in [-0.1, -0.05) is 36.4 Å². The van der Waals surface area contributed by atoms with Gasteiger partial charge < -0.3 is 5.11 Å². The first-order chi connectivity index (χ1) is 11.8. The molecule has 1 aromatic carbocycles. The largest absolute Gasteiger partial charge is 0.477 e. The summed E-state index contributed by atoms with van der Waals surface area (Å²) in [5.41, 5.74) is 3.13. The van der Waals surface area contributed by atoms with E-state index in [1.165, 1.54) is 11.3 Å². The number of hydrogen-bond acceptors (Lipinski definition) is 4. The van der Waals surface area contributed by atoms with Crippen molar-refractivity contribution in [3.63, 3.8) is 0 Å². The third-order valence-corrected chi connectivity index (χ3v) is 4.65. The summed E-state index contributed by atoms with van der Waals surface area (Å²) in [7, 11) is 0. The zero-order chi connectivity index (χ0) is 16.5. The van der Waals surface area contributed by atoms with E-state index in [1.54, 1.807) is 32.9 Å². The average Bonchev–Trinajstić information content (AvgIpc) is 3.13. The van der Waals surface area contributed by atoms with Crippen LogP contribution in [0.1, 0.15) is 4.88 Å². The Bertz CT molecular complexity index is 1060. The molecule has 0 aliphatic carbocycles. The molecule has 1 N–H and O–H groups in total. The van der Waals surface area contributed by atoms with Crippen molar-refractivity contribution in [1.82, 2.24) is 9.55 Å². The molecule has 5 nitrogen and oxygen atoms in total. The number of thiazole rings is 1. The molecule has 0 saturated carbocycles. The molecule has 0 fully saturated rings. The van der Waals surface area contributed by atoms with Gasteiger partial charge in [0.2, 0.25) is 0 Å². The molecule has 0 atom stereocenters. The number of hydrogen-bond donors (Lipinski definition) is 1. The van der Waals surface area contributed by atoms with Crippen LogP contribution in [0.25, 0.3) is 16.8 Å². The Morgan fingerprint density at radius 1 is 1.12 bits per heavy atom. The molecule has 6 heteroatoms. The molecule has 0 unspecified atom stereocenters. The van der Waals surface area contributed by atoms with Crippen LogP contribution in [0.15, 0.2) is 71.2 Å². The van der Waals surface area contributed by atoms with Crippen LogP contribution < -0.4 is 9.96 Å². The lowest BCUT2D eigenvalue weighted by atomic mass is 10.1. The highest BCUT2D eigenvalue weighted by Crippen LogP contribution is 2.26. The fourth-order valence-electron chi connectivity index (χ4n) is 2.77. The van der Waals surface area contributed by atoms with Crippen LogP contribution >= 0.6 is 11.3 Å². The summed E-state index contributed by atoms with van der Waals surface area (Å²) in [5, 5.41) is 10.9. The van der Waals surface area contributed by atoms with Crippen LogP contribution in [0, 0.1) is 0 Å². The standard InChI is InChI=1S/C18H13N3O2S/c22-17-16(13-6-2-1-3-7-13)18(23)21(11-14-10-19-12-24-14)15-8-4-5-9-20(15)17/h1-10,12H,11H2/p+1. The minimum absolute atomic E-state index is 0.0363. The molecule has 0 saturated heterocycles. The first kappa shape index (κ1) is 14.6. The maximum Gasteiger partial charge on any atom is 0.354 e. The smallest absolute Gasteiger partial charge is 0.354 e. The van der Waals surface area contributed by atoms with Crippen LogP contribution in [-0.4, -0.2) is 14.7 Å². The number of aromatic hydroxyl groups is 1. The highest BCUT2D eigenvalue weighted by Gasteiger charge is 2.25. The minimum Gasteiger partial charge on any atom is -0.477 e. The Morgan fingerprint density at radius 2 is 1.92 bits per heavy atom. The topological polar surface area (TPSA) is 59.2 Å². The molecule has 3 heterocycles. The van der Waals surface area contributed by atoms with Crippen LogP contribution in [0.3, 0.4) is 0 Å². The van der Waals surface area contributed by atoms with E-state index in [0.29, 0.717) is 23.3 Å². The number of rotatable bonds is 3. The van der Waals surface area contributed by atoms with Gasteiger partial charge in [-0.25, -0.2) is 4.79 Å². The van der Waals surface area contributed by atoms with Gasteiger partial charge in [0.05, 0.1) is 16.6 Å². The molecular weight excluding hydrogens is 322 g/mol. The molecule has 3 aromatic heterocycles.